The van der Waals surface area contributed by atoms with Crippen LogP contribution in [0.2, 0.25) is 0 Å². The molecule has 2 atom stereocenters. The van der Waals surface area contributed by atoms with Gasteiger partial charge in [0.05, 0.1) is 17.5 Å². The lowest BCUT2D eigenvalue weighted by Gasteiger charge is -2.26. The molecule has 2 rings (SSSR count). The van der Waals surface area contributed by atoms with E-state index in [0.29, 0.717) is 6.42 Å². The van der Waals surface area contributed by atoms with Crippen molar-refractivity contribution in [3.05, 3.63) is 30.1 Å². The monoisotopic (exact) mass is 297 g/mol. The van der Waals surface area contributed by atoms with Crippen LogP contribution in [0.25, 0.3) is 0 Å². The first-order chi connectivity index (χ1) is 9.39. The molecule has 0 unspecified atom stereocenters. The van der Waals surface area contributed by atoms with E-state index in [1.54, 1.807) is 19.4 Å². The zero-order chi connectivity index (χ0) is 14.8. The topological polar surface area (TPSA) is 79.4 Å². The Labute approximate surface area is 119 Å². The number of hydrogen-bond acceptors (Lipinski definition) is 4. The molecule has 0 bridgehead atoms. The summed E-state index contributed by atoms with van der Waals surface area (Å²) < 4.78 is 22.9. The Kier molecular flexibility index (Phi) is 4.27. The largest absolute Gasteiger partial charge is 0.331 e. The van der Waals surface area contributed by atoms with Crippen LogP contribution in [0.5, 0.6) is 0 Å². The zero-order valence-corrected chi connectivity index (χ0v) is 12.4. The standard InChI is InChI=1S/C13H19N3O3S/c1-10(11-3-6-14-7-4-11)15-13(17)16(2)12-5-8-20(18,19)9-12/h3-4,6-7,10,12H,5,8-9H2,1-2H3,(H,15,17)/t10-,12-/m0/s1. The summed E-state index contributed by atoms with van der Waals surface area (Å²) in [4.78, 5) is 17.5. The fourth-order valence-electron chi connectivity index (χ4n) is 2.27. The Bertz CT molecular complexity index is 574. The van der Waals surface area contributed by atoms with Gasteiger partial charge in [-0.3, -0.25) is 4.98 Å². The quantitative estimate of drug-likeness (QED) is 0.901. The Balaban J connectivity index is 1.95. The second kappa shape index (κ2) is 5.78. The number of nitrogens with zero attached hydrogens (tertiary/aromatic N) is 2. The second-order valence-corrected chi connectivity index (χ2v) is 7.35. The smallest absolute Gasteiger partial charge is 0.317 e. The van der Waals surface area contributed by atoms with E-state index < -0.39 is 9.84 Å². The fourth-order valence-corrected chi connectivity index (χ4v) is 4.04. The number of sulfone groups is 1. The first-order valence-electron chi connectivity index (χ1n) is 6.53. The van der Waals surface area contributed by atoms with Crippen LogP contribution in [-0.4, -0.2) is 48.9 Å². The molecule has 0 spiro atoms. The highest BCUT2D eigenvalue weighted by molar-refractivity contribution is 7.91. The van der Waals surface area contributed by atoms with Gasteiger partial charge in [0.25, 0.3) is 0 Å². The SMILES string of the molecule is C[C@H](NC(=O)N(C)[C@H]1CCS(=O)(=O)C1)c1ccncc1. The molecule has 1 fully saturated rings. The van der Waals surface area contributed by atoms with E-state index in [1.807, 2.05) is 19.1 Å². The van der Waals surface area contributed by atoms with Crippen LogP contribution in [0.3, 0.4) is 0 Å². The highest BCUT2D eigenvalue weighted by Gasteiger charge is 2.33. The molecular weight excluding hydrogens is 278 g/mol. The van der Waals surface area contributed by atoms with Gasteiger partial charge < -0.3 is 10.2 Å². The Morgan fingerprint density at radius 3 is 2.65 bits per heavy atom. The number of hydrogen-bond donors (Lipinski definition) is 1. The van der Waals surface area contributed by atoms with Gasteiger partial charge in [-0.2, -0.15) is 0 Å². The summed E-state index contributed by atoms with van der Waals surface area (Å²) in [7, 11) is -1.35. The van der Waals surface area contributed by atoms with Gasteiger partial charge in [0, 0.05) is 25.5 Å². The van der Waals surface area contributed by atoms with Gasteiger partial charge in [-0.1, -0.05) is 0 Å². The molecule has 110 valence electrons. The summed E-state index contributed by atoms with van der Waals surface area (Å²) in [6.07, 6.45) is 3.85. The maximum absolute atomic E-state index is 12.1. The van der Waals surface area contributed by atoms with Crippen LogP contribution in [0.15, 0.2) is 24.5 Å². The molecule has 0 aliphatic carbocycles. The van der Waals surface area contributed by atoms with Crippen LogP contribution in [0.4, 0.5) is 4.79 Å². The van der Waals surface area contributed by atoms with E-state index in [1.165, 1.54) is 4.90 Å². The van der Waals surface area contributed by atoms with Crippen LogP contribution in [0, 0.1) is 0 Å². The Morgan fingerprint density at radius 1 is 1.45 bits per heavy atom. The van der Waals surface area contributed by atoms with E-state index in [0.717, 1.165) is 5.56 Å². The van der Waals surface area contributed by atoms with Crippen LogP contribution in [-0.2, 0) is 9.84 Å². The maximum Gasteiger partial charge on any atom is 0.317 e. The summed E-state index contributed by atoms with van der Waals surface area (Å²) in [5, 5.41) is 2.86. The molecule has 1 aromatic heterocycles. The van der Waals surface area contributed by atoms with Crippen LogP contribution < -0.4 is 5.32 Å². The van der Waals surface area contributed by atoms with Crippen molar-refractivity contribution in [3.63, 3.8) is 0 Å². The number of nitrogens with one attached hydrogen (secondary N) is 1. The molecule has 2 amide bonds. The summed E-state index contributed by atoms with van der Waals surface area (Å²) in [5.41, 5.74) is 0.959. The average Bonchev–Trinajstić information content (AvgIpc) is 2.79. The fraction of sp³-hybridized carbons (Fsp3) is 0.538. The number of carbonyl (C=O) groups excluding carboxylic acids is 1. The van der Waals surface area contributed by atoms with Crippen molar-refractivity contribution < 1.29 is 13.2 Å². The van der Waals surface area contributed by atoms with Crippen molar-refractivity contribution >= 4 is 15.9 Å². The first-order valence-corrected chi connectivity index (χ1v) is 8.35. The second-order valence-electron chi connectivity index (χ2n) is 5.12. The molecule has 1 aliphatic rings. The van der Waals surface area contributed by atoms with Crippen molar-refractivity contribution in [3.8, 4) is 0 Å². The van der Waals surface area contributed by atoms with E-state index >= 15 is 0 Å². The van der Waals surface area contributed by atoms with Crippen molar-refractivity contribution in [1.82, 2.24) is 15.2 Å². The van der Waals surface area contributed by atoms with E-state index in [-0.39, 0.29) is 29.6 Å². The van der Waals surface area contributed by atoms with E-state index in [4.69, 9.17) is 0 Å². The summed E-state index contributed by atoms with van der Waals surface area (Å²) >= 11 is 0. The number of rotatable bonds is 3. The lowest BCUT2D eigenvalue weighted by atomic mass is 10.1. The highest BCUT2D eigenvalue weighted by atomic mass is 32.2. The molecule has 1 N–H and O–H groups in total. The molecule has 0 radical (unpaired) electrons. The van der Waals surface area contributed by atoms with Gasteiger partial charge in [-0.25, -0.2) is 13.2 Å². The number of aromatic nitrogens is 1. The normalized spacial score (nSPS) is 22.2. The molecular formula is C13H19N3O3S. The Hall–Kier alpha value is -1.63. The minimum absolute atomic E-state index is 0.0561. The number of pyridine rings is 1. The van der Waals surface area contributed by atoms with Gasteiger partial charge in [0.15, 0.2) is 9.84 Å². The summed E-state index contributed by atoms with van der Waals surface area (Å²) in [6.45, 7) is 1.88. The maximum atomic E-state index is 12.1. The van der Waals surface area contributed by atoms with E-state index in [2.05, 4.69) is 10.3 Å². The third kappa shape index (κ3) is 3.47. The van der Waals surface area contributed by atoms with Crippen LogP contribution >= 0.6 is 0 Å². The lowest BCUT2D eigenvalue weighted by Crippen LogP contribution is -2.44. The van der Waals surface area contributed by atoms with Gasteiger partial charge >= 0.3 is 6.03 Å². The Morgan fingerprint density at radius 2 is 2.10 bits per heavy atom. The number of carbonyl (C=O) groups is 1. The number of amides is 2. The summed E-state index contributed by atoms with van der Waals surface area (Å²) in [6, 6.07) is 3.04. The average molecular weight is 297 g/mol. The van der Waals surface area contributed by atoms with Crippen molar-refractivity contribution in [2.45, 2.75) is 25.4 Å². The molecule has 1 saturated heterocycles. The molecule has 1 aromatic rings. The van der Waals surface area contributed by atoms with Gasteiger partial charge in [-0.05, 0) is 31.0 Å². The lowest BCUT2D eigenvalue weighted by molar-refractivity contribution is 0.192. The van der Waals surface area contributed by atoms with Crippen LogP contribution in [0.1, 0.15) is 24.9 Å². The van der Waals surface area contributed by atoms with Crippen molar-refractivity contribution in [2.24, 2.45) is 0 Å². The highest BCUT2D eigenvalue weighted by Crippen LogP contribution is 2.17. The third-order valence-corrected chi connectivity index (χ3v) is 5.37. The first kappa shape index (κ1) is 14.8. The third-order valence-electron chi connectivity index (χ3n) is 3.62. The molecule has 0 saturated carbocycles. The molecule has 6 nitrogen and oxygen atoms in total. The molecule has 2 heterocycles. The predicted molar refractivity (Wildman–Crippen MR) is 76.0 cm³/mol. The minimum Gasteiger partial charge on any atom is -0.331 e. The van der Waals surface area contributed by atoms with E-state index in [9.17, 15) is 13.2 Å². The predicted octanol–water partition coefficient (Wildman–Crippen LogP) is 0.971. The molecule has 1 aliphatic heterocycles. The van der Waals surface area contributed by atoms with Gasteiger partial charge in [0.2, 0.25) is 0 Å². The number of urea groups is 1. The molecule has 7 heteroatoms. The zero-order valence-electron chi connectivity index (χ0n) is 11.6. The van der Waals surface area contributed by atoms with Gasteiger partial charge in [-0.15, -0.1) is 0 Å². The molecule has 20 heavy (non-hydrogen) atoms. The molecule has 0 aromatic carbocycles. The van der Waals surface area contributed by atoms with Gasteiger partial charge in [0.1, 0.15) is 0 Å². The van der Waals surface area contributed by atoms with Crippen molar-refractivity contribution in [1.29, 1.82) is 0 Å². The van der Waals surface area contributed by atoms with Crippen molar-refractivity contribution in [2.75, 3.05) is 18.6 Å². The minimum atomic E-state index is -2.98. The summed E-state index contributed by atoms with van der Waals surface area (Å²) in [5.74, 6) is 0.218.